The van der Waals surface area contributed by atoms with Crippen molar-refractivity contribution in [1.29, 1.82) is 0 Å². The second-order valence-corrected chi connectivity index (χ2v) is 8.17. The molecule has 0 aliphatic carbocycles. The summed E-state index contributed by atoms with van der Waals surface area (Å²) in [6.45, 7) is 7.20. The Hall–Kier alpha value is -2.11. The van der Waals surface area contributed by atoms with Crippen molar-refractivity contribution in [2.24, 2.45) is 5.92 Å². The minimum Gasteiger partial charge on any atom is -0.493 e. The van der Waals surface area contributed by atoms with E-state index in [4.69, 9.17) is 4.74 Å². The van der Waals surface area contributed by atoms with Crippen LogP contribution in [-0.2, 0) is 17.8 Å². The number of nitrogens with one attached hydrogen (secondary N) is 1. The SMILES string of the molecule is CC(C)COc1ccc(CC(=O)N(Cc2ccc(F)cc2)[C@@H]2CCCNC2)cc1.Cl. The van der Waals surface area contributed by atoms with Crippen molar-refractivity contribution in [1.82, 2.24) is 10.2 Å². The maximum Gasteiger partial charge on any atom is 0.227 e. The van der Waals surface area contributed by atoms with Gasteiger partial charge in [-0.25, -0.2) is 4.39 Å². The zero-order valence-corrected chi connectivity index (χ0v) is 18.6. The first-order valence-corrected chi connectivity index (χ1v) is 10.5. The number of ether oxygens (including phenoxy) is 1. The van der Waals surface area contributed by atoms with Gasteiger partial charge < -0.3 is 15.0 Å². The van der Waals surface area contributed by atoms with Crippen LogP contribution in [0.1, 0.15) is 37.8 Å². The fourth-order valence-electron chi connectivity index (χ4n) is 3.55. The molecule has 1 fully saturated rings. The number of rotatable bonds is 8. The summed E-state index contributed by atoms with van der Waals surface area (Å²) in [6.07, 6.45) is 2.39. The lowest BCUT2D eigenvalue weighted by atomic mass is 10.0. The molecule has 1 aliphatic rings. The maximum atomic E-state index is 13.3. The molecular formula is C24H32ClFN2O2. The van der Waals surface area contributed by atoms with Crippen LogP contribution in [0.3, 0.4) is 0 Å². The smallest absolute Gasteiger partial charge is 0.227 e. The van der Waals surface area contributed by atoms with Crippen molar-refractivity contribution in [2.45, 2.75) is 45.7 Å². The number of hydrogen-bond acceptors (Lipinski definition) is 3. The number of amides is 1. The molecule has 0 unspecified atom stereocenters. The van der Waals surface area contributed by atoms with Crippen LogP contribution in [0.5, 0.6) is 5.75 Å². The van der Waals surface area contributed by atoms with Gasteiger partial charge in [0, 0.05) is 19.1 Å². The summed E-state index contributed by atoms with van der Waals surface area (Å²) in [5.41, 5.74) is 1.92. The molecule has 2 aromatic carbocycles. The van der Waals surface area contributed by atoms with Gasteiger partial charge in [-0.3, -0.25) is 4.79 Å². The number of piperidine rings is 1. The van der Waals surface area contributed by atoms with Crippen LogP contribution in [0.4, 0.5) is 4.39 Å². The Labute approximate surface area is 185 Å². The molecule has 1 N–H and O–H groups in total. The van der Waals surface area contributed by atoms with E-state index >= 15 is 0 Å². The quantitative estimate of drug-likeness (QED) is 0.659. The molecule has 3 rings (SSSR count). The maximum absolute atomic E-state index is 13.3. The Morgan fingerprint density at radius 2 is 1.80 bits per heavy atom. The van der Waals surface area contributed by atoms with Crippen molar-refractivity contribution in [3.8, 4) is 5.75 Å². The summed E-state index contributed by atoms with van der Waals surface area (Å²) in [7, 11) is 0. The third-order valence-electron chi connectivity index (χ3n) is 5.16. The minimum atomic E-state index is -0.259. The Balaban J connectivity index is 0.00000320. The zero-order valence-electron chi connectivity index (χ0n) is 17.8. The van der Waals surface area contributed by atoms with Gasteiger partial charge in [-0.15, -0.1) is 12.4 Å². The molecule has 1 saturated heterocycles. The molecule has 30 heavy (non-hydrogen) atoms. The topological polar surface area (TPSA) is 41.6 Å². The van der Waals surface area contributed by atoms with Gasteiger partial charge in [-0.05, 0) is 60.7 Å². The summed E-state index contributed by atoms with van der Waals surface area (Å²) in [5, 5.41) is 3.39. The van der Waals surface area contributed by atoms with Crippen molar-refractivity contribution < 1.29 is 13.9 Å². The molecule has 0 aromatic heterocycles. The predicted molar refractivity (Wildman–Crippen MR) is 121 cm³/mol. The lowest BCUT2D eigenvalue weighted by molar-refractivity contribution is -0.133. The number of carbonyl (C=O) groups excluding carboxylic acids is 1. The number of carbonyl (C=O) groups is 1. The van der Waals surface area contributed by atoms with Gasteiger partial charge in [0.05, 0.1) is 13.0 Å². The highest BCUT2D eigenvalue weighted by Crippen LogP contribution is 2.19. The highest BCUT2D eigenvalue weighted by molar-refractivity contribution is 5.85. The fourth-order valence-corrected chi connectivity index (χ4v) is 3.55. The van der Waals surface area contributed by atoms with E-state index in [1.807, 2.05) is 29.2 Å². The van der Waals surface area contributed by atoms with Gasteiger partial charge in [0.2, 0.25) is 5.91 Å². The first kappa shape index (κ1) is 24.2. The lowest BCUT2D eigenvalue weighted by Gasteiger charge is -2.35. The van der Waals surface area contributed by atoms with Gasteiger partial charge in [0.1, 0.15) is 11.6 Å². The first-order valence-electron chi connectivity index (χ1n) is 10.5. The van der Waals surface area contributed by atoms with E-state index in [0.717, 1.165) is 42.8 Å². The number of hydrogen-bond donors (Lipinski definition) is 1. The highest BCUT2D eigenvalue weighted by Gasteiger charge is 2.25. The van der Waals surface area contributed by atoms with Crippen molar-refractivity contribution in [3.05, 3.63) is 65.5 Å². The average Bonchev–Trinajstić information content (AvgIpc) is 2.73. The predicted octanol–water partition coefficient (Wildman–Crippen LogP) is 4.61. The molecule has 1 aliphatic heterocycles. The molecule has 164 valence electrons. The summed E-state index contributed by atoms with van der Waals surface area (Å²) >= 11 is 0. The third-order valence-corrected chi connectivity index (χ3v) is 5.16. The second-order valence-electron chi connectivity index (χ2n) is 8.17. The van der Waals surface area contributed by atoms with Crippen molar-refractivity contribution >= 4 is 18.3 Å². The third kappa shape index (κ3) is 7.29. The van der Waals surface area contributed by atoms with E-state index in [-0.39, 0.29) is 30.2 Å². The van der Waals surface area contributed by atoms with E-state index in [0.29, 0.717) is 25.5 Å². The monoisotopic (exact) mass is 434 g/mol. The summed E-state index contributed by atoms with van der Waals surface area (Å²) in [6, 6.07) is 14.4. The van der Waals surface area contributed by atoms with E-state index in [1.165, 1.54) is 12.1 Å². The Morgan fingerprint density at radius 3 is 2.40 bits per heavy atom. The van der Waals surface area contributed by atoms with E-state index in [1.54, 1.807) is 12.1 Å². The van der Waals surface area contributed by atoms with Crippen molar-refractivity contribution in [3.63, 3.8) is 0 Å². The molecule has 0 radical (unpaired) electrons. The van der Waals surface area contributed by atoms with Crippen molar-refractivity contribution in [2.75, 3.05) is 19.7 Å². The van der Waals surface area contributed by atoms with E-state index in [2.05, 4.69) is 19.2 Å². The normalized spacial score (nSPS) is 16.1. The molecule has 1 atom stereocenters. The molecule has 0 bridgehead atoms. The molecule has 1 amide bonds. The molecule has 2 aromatic rings. The van der Waals surface area contributed by atoms with Crippen LogP contribution < -0.4 is 10.1 Å². The fraction of sp³-hybridized carbons (Fsp3) is 0.458. The molecule has 6 heteroatoms. The standard InChI is InChI=1S/C24H31FN2O2.ClH/c1-18(2)17-29-23-11-7-19(8-12-23)14-24(28)27(22-4-3-13-26-15-22)16-20-5-9-21(25)10-6-20;/h5-12,18,22,26H,3-4,13-17H2,1-2H3;1H/t22-;/m1./s1. The second kappa shape index (κ2) is 11.9. The van der Waals surface area contributed by atoms with Gasteiger partial charge in [-0.2, -0.15) is 0 Å². The largest absolute Gasteiger partial charge is 0.493 e. The van der Waals surface area contributed by atoms with Crippen LogP contribution in [0, 0.1) is 11.7 Å². The average molecular weight is 435 g/mol. The lowest BCUT2D eigenvalue weighted by Crippen LogP contribution is -2.48. The van der Waals surface area contributed by atoms with Gasteiger partial charge in [-0.1, -0.05) is 38.1 Å². The number of nitrogens with zero attached hydrogens (tertiary/aromatic N) is 1. The molecule has 1 heterocycles. The van der Waals surface area contributed by atoms with Gasteiger partial charge >= 0.3 is 0 Å². The Bertz CT molecular complexity index is 775. The zero-order chi connectivity index (χ0) is 20.6. The molecule has 0 spiro atoms. The molecular weight excluding hydrogens is 403 g/mol. The van der Waals surface area contributed by atoms with Crippen LogP contribution >= 0.6 is 12.4 Å². The number of benzene rings is 2. The van der Waals surface area contributed by atoms with E-state index < -0.39 is 0 Å². The highest BCUT2D eigenvalue weighted by atomic mass is 35.5. The van der Waals surface area contributed by atoms with Crippen LogP contribution in [0.25, 0.3) is 0 Å². The molecule has 0 saturated carbocycles. The minimum absolute atomic E-state index is 0. The van der Waals surface area contributed by atoms with Gasteiger partial charge in [0.25, 0.3) is 0 Å². The van der Waals surface area contributed by atoms with E-state index in [9.17, 15) is 9.18 Å². The summed E-state index contributed by atoms with van der Waals surface area (Å²) in [4.78, 5) is 15.1. The van der Waals surface area contributed by atoms with Gasteiger partial charge in [0.15, 0.2) is 0 Å². The Morgan fingerprint density at radius 1 is 1.13 bits per heavy atom. The molecule has 4 nitrogen and oxygen atoms in total. The van der Waals surface area contributed by atoms with Crippen LogP contribution in [-0.4, -0.2) is 36.5 Å². The summed E-state index contributed by atoms with van der Waals surface area (Å²) in [5.74, 6) is 1.14. The Kier molecular flexibility index (Phi) is 9.60. The van der Waals surface area contributed by atoms with Crippen LogP contribution in [0.15, 0.2) is 48.5 Å². The number of halogens is 2. The van der Waals surface area contributed by atoms with Crippen LogP contribution in [0.2, 0.25) is 0 Å². The first-order chi connectivity index (χ1) is 14.0. The summed E-state index contributed by atoms with van der Waals surface area (Å²) < 4.78 is 19.0.